The molecule has 7 nitrogen and oxygen atoms in total. The Hall–Kier alpha value is -2.58. The van der Waals surface area contributed by atoms with E-state index in [0.29, 0.717) is 66.3 Å². The van der Waals surface area contributed by atoms with Crippen molar-refractivity contribution in [2.75, 3.05) is 33.4 Å². The number of nitrogens with zero attached hydrogens (tertiary/aromatic N) is 3. The van der Waals surface area contributed by atoms with Crippen LogP contribution in [0, 0.1) is 0 Å². The molecule has 1 spiro atoms. The smallest absolute Gasteiger partial charge is 0.272 e. The summed E-state index contributed by atoms with van der Waals surface area (Å²) in [4.78, 5) is 15.4. The quantitative estimate of drug-likeness (QED) is 0.526. The second-order valence-corrected chi connectivity index (χ2v) is 8.87. The summed E-state index contributed by atoms with van der Waals surface area (Å²) >= 11 is 12.4. The average molecular weight is 488 g/mol. The van der Waals surface area contributed by atoms with Gasteiger partial charge in [-0.2, -0.15) is 5.10 Å². The van der Waals surface area contributed by atoms with E-state index in [4.69, 9.17) is 42.5 Å². The van der Waals surface area contributed by atoms with Gasteiger partial charge in [-0.1, -0.05) is 23.2 Å². The summed E-state index contributed by atoms with van der Waals surface area (Å²) in [6, 6.07) is 14.5. The van der Waals surface area contributed by atoms with Gasteiger partial charge < -0.3 is 19.1 Å². The van der Waals surface area contributed by atoms with Gasteiger partial charge in [-0.15, -0.1) is 0 Å². The Morgan fingerprint density at radius 3 is 2.33 bits per heavy atom. The molecule has 0 saturated carbocycles. The number of aromatic nitrogens is 2. The fourth-order valence-corrected chi connectivity index (χ4v) is 4.54. The minimum absolute atomic E-state index is 0.110. The zero-order chi connectivity index (χ0) is 23.0. The maximum Gasteiger partial charge on any atom is 0.272 e. The molecule has 0 aliphatic carbocycles. The molecule has 0 radical (unpaired) electrons. The molecular weight excluding hydrogens is 465 g/mol. The number of piperidine rings is 1. The lowest BCUT2D eigenvalue weighted by molar-refractivity contribution is -0.181. The van der Waals surface area contributed by atoms with Gasteiger partial charge in [-0.3, -0.25) is 4.79 Å². The molecule has 2 aromatic carbocycles. The number of hydrogen-bond acceptors (Lipinski definition) is 5. The Bertz CT molecular complexity index is 1160. The Morgan fingerprint density at radius 2 is 1.70 bits per heavy atom. The van der Waals surface area contributed by atoms with Crippen molar-refractivity contribution in [3.63, 3.8) is 0 Å². The van der Waals surface area contributed by atoms with Crippen molar-refractivity contribution in [2.24, 2.45) is 0 Å². The van der Waals surface area contributed by atoms with Crippen LogP contribution in [0.25, 0.3) is 16.9 Å². The number of ether oxygens (including phenoxy) is 3. The Kier molecular flexibility index (Phi) is 6.05. The van der Waals surface area contributed by atoms with Crippen LogP contribution >= 0.6 is 23.2 Å². The summed E-state index contributed by atoms with van der Waals surface area (Å²) in [5, 5.41) is 5.57. The number of halogens is 2. The highest BCUT2D eigenvalue weighted by atomic mass is 35.5. The van der Waals surface area contributed by atoms with Crippen molar-refractivity contribution in [3.8, 4) is 22.7 Å². The molecule has 1 amide bonds. The zero-order valence-corrected chi connectivity index (χ0v) is 19.6. The molecule has 3 heterocycles. The average Bonchev–Trinajstić information content (AvgIpc) is 3.49. The standard InChI is InChI=1S/C24H23Cl2N3O4/c1-31-18-5-2-16(3-6-18)21-15-22(29(27-21)17-4-7-19(25)20(26)14-17)23(30)28-10-8-24(9-11-28)32-12-13-33-24/h2-7,14-15H,8-13H2,1H3. The van der Waals surface area contributed by atoms with Crippen molar-refractivity contribution in [3.05, 3.63) is 64.3 Å². The van der Waals surface area contributed by atoms with Gasteiger partial charge in [0.1, 0.15) is 11.4 Å². The summed E-state index contributed by atoms with van der Waals surface area (Å²) in [7, 11) is 1.62. The predicted molar refractivity (Wildman–Crippen MR) is 125 cm³/mol. The van der Waals surface area contributed by atoms with Crippen LogP contribution in [-0.4, -0.2) is 59.8 Å². The van der Waals surface area contributed by atoms with Gasteiger partial charge in [0, 0.05) is 31.5 Å². The molecule has 0 atom stereocenters. The fraction of sp³-hybridized carbons (Fsp3) is 0.333. The SMILES string of the molecule is COc1ccc(-c2cc(C(=O)N3CCC4(CC3)OCCO4)n(-c3ccc(Cl)c(Cl)c3)n2)cc1. The van der Waals surface area contributed by atoms with Gasteiger partial charge >= 0.3 is 0 Å². The molecule has 2 fully saturated rings. The van der Waals surface area contributed by atoms with E-state index in [1.54, 1.807) is 36.1 Å². The number of likely N-dealkylation sites (tertiary alicyclic amines) is 1. The monoisotopic (exact) mass is 487 g/mol. The normalized spacial score (nSPS) is 17.5. The highest BCUT2D eigenvalue weighted by Crippen LogP contribution is 2.33. The van der Waals surface area contributed by atoms with Crippen molar-refractivity contribution in [1.29, 1.82) is 0 Å². The Morgan fingerprint density at radius 1 is 1.00 bits per heavy atom. The third-order valence-electron chi connectivity index (χ3n) is 6.09. The van der Waals surface area contributed by atoms with E-state index in [2.05, 4.69) is 0 Å². The molecule has 172 valence electrons. The number of hydrogen-bond donors (Lipinski definition) is 0. The van der Waals surface area contributed by atoms with E-state index in [0.717, 1.165) is 11.3 Å². The summed E-state index contributed by atoms with van der Waals surface area (Å²) in [6.07, 6.45) is 1.29. The van der Waals surface area contributed by atoms with Crippen molar-refractivity contribution in [1.82, 2.24) is 14.7 Å². The van der Waals surface area contributed by atoms with Crippen LogP contribution in [0.1, 0.15) is 23.3 Å². The third-order valence-corrected chi connectivity index (χ3v) is 6.83. The topological polar surface area (TPSA) is 65.8 Å². The van der Waals surface area contributed by atoms with Gasteiger partial charge in [-0.25, -0.2) is 4.68 Å². The number of rotatable bonds is 4. The first-order chi connectivity index (χ1) is 16.0. The Balaban J connectivity index is 1.49. The van der Waals surface area contributed by atoms with Crippen LogP contribution in [0.4, 0.5) is 0 Å². The van der Waals surface area contributed by atoms with Crippen LogP contribution in [0.15, 0.2) is 48.5 Å². The lowest BCUT2D eigenvalue weighted by Gasteiger charge is -2.37. The summed E-state index contributed by atoms with van der Waals surface area (Å²) < 4.78 is 18.5. The first-order valence-electron chi connectivity index (χ1n) is 10.8. The van der Waals surface area contributed by atoms with Crippen LogP contribution in [0.2, 0.25) is 10.0 Å². The number of carbonyl (C=O) groups is 1. The molecule has 33 heavy (non-hydrogen) atoms. The van der Waals surface area contributed by atoms with E-state index in [9.17, 15) is 4.79 Å². The van der Waals surface area contributed by atoms with E-state index < -0.39 is 5.79 Å². The molecule has 0 unspecified atom stereocenters. The zero-order valence-electron chi connectivity index (χ0n) is 18.1. The molecule has 5 rings (SSSR count). The largest absolute Gasteiger partial charge is 0.497 e. The van der Waals surface area contributed by atoms with Crippen molar-refractivity contribution >= 4 is 29.1 Å². The minimum atomic E-state index is -0.547. The lowest BCUT2D eigenvalue weighted by Crippen LogP contribution is -2.47. The van der Waals surface area contributed by atoms with Crippen LogP contribution in [-0.2, 0) is 9.47 Å². The minimum Gasteiger partial charge on any atom is -0.497 e. The molecule has 2 saturated heterocycles. The molecule has 1 aromatic heterocycles. The first kappa shape index (κ1) is 22.2. The molecule has 3 aromatic rings. The van der Waals surface area contributed by atoms with Gasteiger partial charge in [0.05, 0.1) is 41.8 Å². The van der Waals surface area contributed by atoms with Crippen molar-refractivity contribution in [2.45, 2.75) is 18.6 Å². The second-order valence-electron chi connectivity index (χ2n) is 8.05. The van der Waals surface area contributed by atoms with E-state index in [1.807, 2.05) is 29.2 Å². The number of benzene rings is 2. The maximum absolute atomic E-state index is 13.6. The summed E-state index contributed by atoms with van der Waals surface area (Å²) in [5.41, 5.74) is 2.64. The van der Waals surface area contributed by atoms with Crippen molar-refractivity contribution < 1.29 is 19.0 Å². The third kappa shape index (κ3) is 4.34. The highest BCUT2D eigenvalue weighted by Gasteiger charge is 2.41. The van der Waals surface area contributed by atoms with E-state index in [1.165, 1.54) is 0 Å². The molecule has 2 aliphatic rings. The van der Waals surface area contributed by atoms with E-state index >= 15 is 0 Å². The second kappa shape index (κ2) is 8.99. The van der Waals surface area contributed by atoms with Crippen LogP contribution in [0.3, 0.4) is 0 Å². The molecule has 0 bridgehead atoms. The highest BCUT2D eigenvalue weighted by molar-refractivity contribution is 6.42. The number of amides is 1. The van der Waals surface area contributed by atoms with E-state index in [-0.39, 0.29) is 5.91 Å². The predicted octanol–water partition coefficient (Wildman–Crippen LogP) is 4.83. The Labute approximate surface area is 201 Å². The lowest BCUT2D eigenvalue weighted by atomic mass is 10.0. The van der Waals surface area contributed by atoms with Crippen LogP contribution in [0.5, 0.6) is 5.75 Å². The summed E-state index contributed by atoms with van der Waals surface area (Å²) in [6.45, 7) is 2.29. The maximum atomic E-state index is 13.6. The van der Waals surface area contributed by atoms with Gasteiger partial charge in [0.25, 0.3) is 5.91 Å². The van der Waals surface area contributed by atoms with Crippen LogP contribution < -0.4 is 4.74 Å². The van der Waals surface area contributed by atoms with Gasteiger partial charge in [-0.05, 0) is 48.5 Å². The summed E-state index contributed by atoms with van der Waals surface area (Å²) in [5.74, 6) is 0.0911. The molecule has 2 aliphatic heterocycles. The fourth-order valence-electron chi connectivity index (χ4n) is 4.25. The molecule has 9 heteroatoms. The number of methoxy groups -OCH3 is 1. The van der Waals surface area contributed by atoms with Gasteiger partial charge in [0.2, 0.25) is 0 Å². The first-order valence-corrected chi connectivity index (χ1v) is 11.5. The number of carbonyl (C=O) groups excluding carboxylic acids is 1. The van der Waals surface area contributed by atoms with Gasteiger partial charge in [0.15, 0.2) is 5.79 Å². The molecular formula is C24H23Cl2N3O4. The molecule has 0 N–H and O–H groups in total.